The minimum atomic E-state index is -1.21. The molecule has 0 atom stereocenters. The smallest absolute Gasteiger partial charge is 0.409 e. The fraction of sp³-hybridized carbons (Fsp3) is 0. The summed E-state index contributed by atoms with van der Waals surface area (Å²) in [5, 5.41) is 11.5. The highest BCUT2D eigenvalue weighted by atomic mass is 35.5. The number of aromatic nitrogens is 1. The second kappa shape index (κ2) is 4.50. The summed E-state index contributed by atoms with van der Waals surface area (Å²) in [4.78, 5) is 26.8. The Bertz CT molecular complexity index is 904. The van der Waals surface area contributed by atoms with Crippen molar-refractivity contribution in [2.75, 3.05) is 5.32 Å². The monoisotopic (exact) mass is 290 g/mol. The molecule has 0 aliphatic heterocycles. The van der Waals surface area contributed by atoms with Crippen LogP contribution < -0.4 is 10.7 Å². The van der Waals surface area contributed by atoms with Gasteiger partial charge in [-0.1, -0.05) is 11.6 Å². The first-order chi connectivity index (χ1) is 9.56. The number of fused-ring (bicyclic) bond motifs is 2. The maximum atomic E-state index is 12.4. The summed E-state index contributed by atoms with van der Waals surface area (Å²) in [6.45, 7) is 0. The summed E-state index contributed by atoms with van der Waals surface area (Å²) >= 11 is 5.90. The number of hydrogen-bond donors (Lipinski definition) is 2. The Morgan fingerprint density at radius 1 is 1.30 bits per heavy atom. The van der Waals surface area contributed by atoms with E-state index in [4.69, 9.17) is 21.1 Å². The normalized spacial score (nSPS) is 10.8. The predicted molar refractivity (Wildman–Crippen MR) is 74.4 cm³/mol. The molecule has 0 radical (unpaired) electrons. The topological polar surface area (TPSA) is 92.4 Å². The number of hydrogen-bond acceptors (Lipinski definition) is 4. The standard InChI is InChI=1S/C13H7ClN2O4/c14-12-11-7(3-4-15-12)10(17)8-5-6(16-13(18)19)1-2-9(8)20-11/h1-5,16H,(H,18,19). The quantitative estimate of drug-likeness (QED) is 0.531. The zero-order valence-corrected chi connectivity index (χ0v) is 10.6. The molecule has 1 amide bonds. The molecule has 0 fully saturated rings. The van der Waals surface area contributed by atoms with Gasteiger partial charge >= 0.3 is 6.09 Å². The van der Waals surface area contributed by atoms with Crippen molar-refractivity contribution in [1.29, 1.82) is 0 Å². The molecule has 6 nitrogen and oxygen atoms in total. The summed E-state index contributed by atoms with van der Waals surface area (Å²) in [5.74, 6) is 0. The predicted octanol–water partition coefficient (Wildman–Crippen LogP) is 3.08. The number of benzene rings is 1. The van der Waals surface area contributed by atoms with Crippen LogP contribution in [0.4, 0.5) is 10.5 Å². The molecule has 2 heterocycles. The SMILES string of the molecule is O=C(O)Nc1ccc2oc3c(Cl)nccc3c(=O)c2c1. The number of carbonyl (C=O) groups is 1. The number of carboxylic acid groups (broad SMARTS) is 1. The second-order valence-electron chi connectivity index (χ2n) is 4.05. The van der Waals surface area contributed by atoms with Gasteiger partial charge < -0.3 is 9.52 Å². The van der Waals surface area contributed by atoms with E-state index in [-0.39, 0.29) is 27.2 Å². The number of pyridine rings is 1. The van der Waals surface area contributed by atoms with Gasteiger partial charge in [-0.05, 0) is 24.3 Å². The van der Waals surface area contributed by atoms with E-state index in [0.29, 0.717) is 11.0 Å². The molecule has 0 aliphatic carbocycles. The van der Waals surface area contributed by atoms with Crippen LogP contribution >= 0.6 is 11.6 Å². The van der Waals surface area contributed by atoms with Gasteiger partial charge in [0.2, 0.25) is 5.43 Å². The Hall–Kier alpha value is -2.60. The van der Waals surface area contributed by atoms with Crippen LogP contribution in [0.2, 0.25) is 5.15 Å². The van der Waals surface area contributed by atoms with Gasteiger partial charge in [0.25, 0.3) is 0 Å². The molecule has 2 aromatic heterocycles. The molecule has 3 aromatic rings. The number of amides is 1. The van der Waals surface area contributed by atoms with Crippen molar-refractivity contribution in [3.05, 3.63) is 45.8 Å². The lowest BCUT2D eigenvalue weighted by Crippen LogP contribution is -2.08. The first-order valence-corrected chi connectivity index (χ1v) is 5.95. The van der Waals surface area contributed by atoms with Gasteiger partial charge in [-0.3, -0.25) is 10.1 Å². The maximum absolute atomic E-state index is 12.4. The van der Waals surface area contributed by atoms with Crippen LogP contribution in [0.15, 0.2) is 39.7 Å². The Labute approximate surface area is 116 Å². The zero-order valence-electron chi connectivity index (χ0n) is 9.88. The number of halogens is 1. The zero-order chi connectivity index (χ0) is 14.3. The third-order valence-electron chi connectivity index (χ3n) is 2.79. The molecule has 0 saturated carbocycles. The van der Waals surface area contributed by atoms with E-state index >= 15 is 0 Å². The lowest BCUT2D eigenvalue weighted by molar-refractivity contribution is 0.210. The van der Waals surface area contributed by atoms with Crippen LogP contribution in [0.3, 0.4) is 0 Å². The molecule has 20 heavy (non-hydrogen) atoms. The largest absolute Gasteiger partial charge is 0.465 e. The molecule has 0 saturated heterocycles. The molecule has 1 aromatic carbocycles. The van der Waals surface area contributed by atoms with E-state index in [2.05, 4.69) is 10.3 Å². The highest BCUT2D eigenvalue weighted by Gasteiger charge is 2.11. The molecule has 0 unspecified atom stereocenters. The van der Waals surface area contributed by atoms with Crippen LogP contribution in [0.5, 0.6) is 0 Å². The van der Waals surface area contributed by atoms with Crippen molar-refractivity contribution < 1.29 is 14.3 Å². The third-order valence-corrected chi connectivity index (χ3v) is 3.06. The summed E-state index contributed by atoms with van der Waals surface area (Å²) in [6.07, 6.45) is 0.203. The van der Waals surface area contributed by atoms with Crippen LogP contribution in [0.25, 0.3) is 21.9 Å². The van der Waals surface area contributed by atoms with Gasteiger partial charge in [0, 0.05) is 11.9 Å². The Kier molecular flexibility index (Phi) is 2.80. The molecule has 0 aliphatic rings. The van der Waals surface area contributed by atoms with Gasteiger partial charge in [0.1, 0.15) is 5.58 Å². The summed E-state index contributed by atoms with van der Waals surface area (Å²) in [6, 6.07) is 5.92. The number of nitrogens with zero attached hydrogens (tertiary/aromatic N) is 1. The fourth-order valence-corrected chi connectivity index (χ4v) is 2.15. The third kappa shape index (κ3) is 1.96. The Morgan fingerprint density at radius 3 is 2.85 bits per heavy atom. The van der Waals surface area contributed by atoms with Crippen molar-refractivity contribution >= 4 is 45.3 Å². The molecule has 100 valence electrons. The van der Waals surface area contributed by atoms with Crippen LogP contribution in [0.1, 0.15) is 0 Å². The van der Waals surface area contributed by atoms with Crippen molar-refractivity contribution in [3.63, 3.8) is 0 Å². The molecule has 0 spiro atoms. The van der Waals surface area contributed by atoms with Gasteiger partial charge in [0.05, 0.1) is 10.8 Å². The molecular formula is C13H7ClN2O4. The van der Waals surface area contributed by atoms with E-state index in [1.54, 1.807) is 0 Å². The Balaban J connectivity index is 2.36. The highest BCUT2D eigenvalue weighted by molar-refractivity contribution is 6.33. The highest BCUT2D eigenvalue weighted by Crippen LogP contribution is 2.24. The van der Waals surface area contributed by atoms with Crippen molar-refractivity contribution in [2.24, 2.45) is 0 Å². The van der Waals surface area contributed by atoms with Gasteiger partial charge in [-0.15, -0.1) is 0 Å². The van der Waals surface area contributed by atoms with E-state index in [0.717, 1.165) is 0 Å². The van der Waals surface area contributed by atoms with Crippen LogP contribution in [0, 0.1) is 0 Å². The number of anilines is 1. The van der Waals surface area contributed by atoms with Crippen molar-refractivity contribution in [3.8, 4) is 0 Å². The van der Waals surface area contributed by atoms with Gasteiger partial charge in [-0.2, -0.15) is 0 Å². The molecule has 7 heteroatoms. The fourth-order valence-electron chi connectivity index (χ4n) is 1.95. The number of nitrogens with one attached hydrogen (secondary N) is 1. The summed E-state index contributed by atoms with van der Waals surface area (Å²) in [5.41, 5.74) is 0.523. The molecular weight excluding hydrogens is 284 g/mol. The minimum Gasteiger partial charge on any atom is -0.465 e. The first-order valence-electron chi connectivity index (χ1n) is 5.57. The minimum absolute atomic E-state index is 0.106. The van der Waals surface area contributed by atoms with Crippen molar-refractivity contribution in [1.82, 2.24) is 4.98 Å². The molecule has 2 N–H and O–H groups in total. The maximum Gasteiger partial charge on any atom is 0.409 e. The lowest BCUT2D eigenvalue weighted by atomic mass is 10.1. The van der Waals surface area contributed by atoms with Crippen LogP contribution in [-0.2, 0) is 0 Å². The van der Waals surface area contributed by atoms with Gasteiger partial charge in [-0.25, -0.2) is 9.78 Å². The average molecular weight is 291 g/mol. The van der Waals surface area contributed by atoms with E-state index in [1.807, 2.05) is 0 Å². The van der Waals surface area contributed by atoms with E-state index < -0.39 is 6.09 Å². The summed E-state index contributed by atoms with van der Waals surface area (Å²) in [7, 11) is 0. The van der Waals surface area contributed by atoms with Crippen LogP contribution in [-0.4, -0.2) is 16.2 Å². The van der Waals surface area contributed by atoms with Crippen molar-refractivity contribution in [2.45, 2.75) is 0 Å². The molecule has 0 bridgehead atoms. The second-order valence-corrected chi connectivity index (χ2v) is 4.41. The number of rotatable bonds is 1. The Morgan fingerprint density at radius 2 is 2.10 bits per heavy atom. The van der Waals surface area contributed by atoms with Gasteiger partial charge in [0.15, 0.2) is 10.7 Å². The van der Waals surface area contributed by atoms with E-state index in [1.165, 1.54) is 30.5 Å². The lowest BCUT2D eigenvalue weighted by Gasteiger charge is -2.04. The molecule has 3 rings (SSSR count). The summed E-state index contributed by atoms with van der Waals surface area (Å²) < 4.78 is 5.55. The average Bonchev–Trinajstić information content (AvgIpc) is 2.40. The van der Waals surface area contributed by atoms with E-state index in [9.17, 15) is 9.59 Å². The first kappa shape index (κ1) is 12.4.